The van der Waals surface area contributed by atoms with Gasteiger partial charge in [0.1, 0.15) is 0 Å². The summed E-state index contributed by atoms with van der Waals surface area (Å²) < 4.78 is 0. The van der Waals surface area contributed by atoms with Crippen molar-refractivity contribution < 1.29 is 0 Å². The maximum atomic E-state index is 2.43. The number of fused-ring (bicyclic) bond motifs is 1. The molecule has 0 aromatic heterocycles. The van der Waals surface area contributed by atoms with Gasteiger partial charge in [0.15, 0.2) is 16.1 Å². The van der Waals surface area contributed by atoms with Crippen molar-refractivity contribution in [3.63, 3.8) is 0 Å². The van der Waals surface area contributed by atoms with Gasteiger partial charge in [-0.05, 0) is 96.7 Å². The first-order valence-corrected chi connectivity index (χ1v) is 24.4. The third-order valence-electron chi connectivity index (χ3n) is 12.4. The van der Waals surface area contributed by atoms with Crippen LogP contribution in [0, 0.1) is 27.7 Å². The van der Waals surface area contributed by atoms with E-state index in [4.69, 9.17) is 0 Å². The maximum absolute atomic E-state index is 2.78. The summed E-state index contributed by atoms with van der Waals surface area (Å²) in [6.45, 7) is 8.78. The van der Waals surface area contributed by atoms with E-state index in [9.17, 15) is 0 Å². The smallest absolute Gasteiger partial charge is 0.0623 e. The summed E-state index contributed by atoms with van der Waals surface area (Å²) in [6.07, 6.45) is 0. The van der Waals surface area contributed by atoms with Gasteiger partial charge in [0.2, 0.25) is 0 Å². The predicted molar refractivity (Wildman–Crippen MR) is 256 cm³/mol. The molecule has 0 radical (unpaired) electrons. The highest BCUT2D eigenvalue weighted by molar-refractivity contribution is 7.21. The average Bonchev–Trinajstić information content (AvgIpc) is 3.28. The summed E-state index contributed by atoms with van der Waals surface area (Å²) in [5.74, 6) is 0. The molecule has 0 amide bonds. The minimum absolute atomic E-state index is 1.22. The lowest BCUT2D eigenvalue weighted by molar-refractivity contribution is 1.48. The number of benzene rings is 9. The predicted octanol–water partition coefficient (Wildman–Crippen LogP) is 8.50. The van der Waals surface area contributed by atoms with Crippen molar-refractivity contribution in [2.45, 2.75) is 27.7 Å². The first-order valence-electron chi connectivity index (χ1n) is 20.4. The topological polar surface area (TPSA) is 0 Å². The van der Waals surface area contributed by atoms with Gasteiger partial charge in [0.05, 0.1) is 0 Å². The first-order chi connectivity index (χ1) is 28.4. The molecule has 9 aromatic rings. The van der Waals surface area contributed by atoms with Crippen molar-refractivity contribution in [3.05, 3.63) is 241 Å². The third-order valence-corrected chi connectivity index (χ3v) is 22.0. The highest BCUT2D eigenvalue weighted by Crippen LogP contribution is 2.24. The molecule has 0 bridgehead atoms. The molecule has 0 heterocycles. The molecule has 0 N–H and O–H groups in total. The summed E-state index contributed by atoms with van der Waals surface area (Å²) in [6, 6.07) is 83.3. The van der Waals surface area contributed by atoms with Crippen molar-refractivity contribution in [1.29, 1.82) is 0 Å². The van der Waals surface area contributed by atoms with Gasteiger partial charge in [-0.2, -0.15) is 0 Å². The van der Waals surface area contributed by atoms with Crippen LogP contribution in [0.15, 0.2) is 218 Å². The monoisotopic (exact) mass is 776 g/mol. The maximum Gasteiger partial charge on any atom is 0.180 e. The Morgan fingerprint density at radius 2 is 0.552 bits per heavy atom. The Kier molecular flexibility index (Phi) is 9.99. The van der Waals surface area contributed by atoms with Gasteiger partial charge in [0.25, 0.3) is 0 Å². The van der Waals surface area contributed by atoms with Gasteiger partial charge in [-0.25, -0.2) is 0 Å². The lowest BCUT2D eigenvalue weighted by Crippen LogP contribution is -2.74. The highest BCUT2D eigenvalue weighted by atomic mass is 28.3. The van der Waals surface area contributed by atoms with Crippen molar-refractivity contribution in [1.82, 2.24) is 0 Å². The normalized spacial score (nSPS) is 12.6. The Hall–Kier alpha value is -6.33. The molecule has 0 aliphatic heterocycles. The lowest BCUT2D eigenvalue weighted by atomic mass is 10.1. The first kappa shape index (κ1) is 37.3. The molecule has 0 nitrogen and oxygen atoms in total. The van der Waals surface area contributed by atoms with E-state index in [1.807, 2.05) is 0 Å². The van der Waals surface area contributed by atoms with Gasteiger partial charge in [-0.15, -0.1) is 0 Å². The summed E-state index contributed by atoms with van der Waals surface area (Å²) >= 11 is 0. The van der Waals surface area contributed by atoms with Crippen LogP contribution in [0.2, 0.25) is 0 Å². The van der Waals surface area contributed by atoms with Crippen LogP contribution < -0.4 is 41.5 Å². The molecular weight excluding hydrogens is 729 g/mol. The largest absolute Gasteiger partial charge is 0.180 e. The Balaban J connectivity index is 1.21. The van der Waals surface area contributed by atoms with Gasteiger partial charge >= 0.3 is 0 Å². The van der Waals surface area contributed by atoms with E-state index in [2.05, 4.69) is 246 Å². The van der Waals surface area contributed by atoms with E-state index >= 15 is 0 Å². The van der Waals surface area contributed by atoms with Crippen LogP contribution in [0.1, 0.15) is 22.3 Å². The fourth-order valence-corrected chi connectivity index (χ4v) is 19.0. The molecule has 0 fully saturated rings. The molecule has 58 heavy (non-hydrogen) atoms. The van der Waals surface area contributed by atoms with Crippen LogP contribution in [0.4, 0.5) is 0 Å². The van der Waals surface area contributed by atoms with E-state index in [1.165, 1.54) is 85.6 Å². The summed E-state index contributed by atoms with van der Waals surface area (Å²) in [5.41, 5.74) is 7.58. The van der Waals surface area contributed by atoms with Crippen molar-refractivity contribution in [3.8, 4) is 11.1 Å². The summed E-state index contributed by atoms with van der Waals surface area (Å²) in [4.78, 5) is 0. The summed E-state index contributed by atoms with van der Waals surface area (Å²) in [5, 5.41) is 13.8. The van der Waals surface area contributed by atoms with Gasteiger partial charge in [0, 0.05) is 0 Å². The van der Waals surface area contributed by atoms with Gasteiger partial charge < -0.3 is 0 Å². The van der Waals surface area contributed by atoms with Crippen LogP contribution in [-0.2, 0) is 0 Å². The molecular formula is C56H48Si2. The number of hydrogen-bond donors (Lipinski definition) is 0. The zero-order valence-corrected chi connectivity index (χ0v) is 35.8. The number of aryl methyl sites for hydroxylation is 4. The second-order valence-electron chi connectivity index (χ2n) is 16.0. The van der Waals surface area contributed by atoms with E-state index < -0.39 is 16.1 Å². The molecule has 0 aliphatic rings. The SMILES string of the molecule is Cc1ccc([Si](c2ccccc2)(c2ccc(C)cc2)c2ccc(-c3ccc([Si](c4ccccc4)(c4ccc(C)cc4)c4ccc(C)c5ccccc45)cc3)cc2)cc1. The Labute approximate surface area is 346 Å². The van der Waals surface area contributed by atoms with E-state index in [-0.39, 0.29) is 0 Å². The van der Waals surface area contributed by atoms with Gasteiger partial charge in [-0.1, -0.05) is 235 Å². The average molecular weight is 777 g/mol. The summed E-state index contributed by atoms with van der Waals surface area (Å²) in [7, 11) is -5.42. The van der Waals surface area contributed by atoms with E-state index in [0.29, 0.717) is 0 Å². The molecule has 1 unspecified atom stereocenters. The Morgan fingerprint density at radius 3 is 0.966 bits per heavy atom. The van der Waals surface area contributed by atoms with Crippen LogP contribution in [0.25, 0.3) is 21.9 Å². The highest BCUT2D eigenvalue weighted by Gasteiger charge is 2.43. The molecule has 0 saturated carbocycles. The van der Waals surface area contributed by atoms with Crippen molar-refractivity contribution in [2.75, 3.05) is 0 Å². The molecule has 280 valence electrons. The van der Waals surface area contributed by atoms with Crippen molar-refractivity contribution >= 4 is 68.4 Å². The molecule has 1 atom stereocenters. The third kappa shape index (κ3) is 6.39. The van der Waals surface area contributed by atoms with Crippen LogP contribution in [-0.4, -0.2) is 16.1 Å². The molecule has 9 rings (SSSR count). The van der Waals surface area contributed by atoms with E-state index in [0.717, 1.165) is 0 Å². The Morgan fingerprint density at radius 1 is 0.241 bits per heavy atom. The zero-order valence-electron chi connectivity index (χ0n) is 33.8. The molecule has 0 aliphatic carbocycles. The fourth-order valence-electron chi connectivity index (χ4n) is 9.36. The lowest BCUT2D eigenvalue weighted by Gasteiger charge is -2.36. The van der Waals surface area contributed by atoms with Crippen molar-refractivity contribution in [2.24, 2.45) is 0 Å². The van der Waals surface area contributed by atoms with E-state index in [1.54, 1.807) is 0 Å². The molecule has 2 heteroatoms. The number of hydrogen-bond acceptors (Lipinski definition) is 0. The van der Waals surface area contributed by atoms with Crippen LogP contribution in [0.3, 0.4) is 0 Å². The molecule has 0 spiro atoms. The van der Waals surface area contributed by atoms with Crippen LogP contribution in [0.5, 0.6) is 0 Å². The minimum Gasteiger partial charge on any atom is -0.0623 e. The van der Waals surface area contributed by atoms with Crippen LogP contribution >= 0.6 is 0 Å². The molecule has 0 saturated heterocycles. The second-order valence-corrected chi connectivity index (χ2v) is 23.5. The molecule has 9 aromatic carbocycles. The quantitative estimate of drug-likeness (QED) is 0.102. The second kappa shape index (κ2) is 15.5. The minimum atomic E-state index is -2.78. The standard InChI is InChI=1S/C56H48Si2/c1-41-19-30-49(31-20-41)57(47-13-7-5-8-14-47,50-32-21-42(2)22-33-50)51-36-26-45(27-37-51)46-28-38-53(39-29-46)58(48-15-9-6-10-16-48,52-34-23-43(3)24-35-52)56-40-25-44(4)54-17-11-12-18-55(54)56/h5-40H,1-4H3. The number of rotatable bonds is 9. The van der Waals surface area contributed by atoms with Gasteiger partial charge in [-0.3, -0.25) is 0 Å². The fraction of sp³-hybridized carbons (Fsp3) is 0.0714. The Bertz CT molecular complexity index is 2760. The zero-order chi connectivity index (χ0) is 39.7.